The van der Waals surface area contributed by atoms with Gasteiger partial charge >= 0.3 is 0 Å². The number of hydrogen-bond acceptors (Lipinski definition) is 5. The normalized spacial score (nSPS) is 10.1. The second-order valence-corrected chi connectivity index (χ2v) is 4.41. The molecule has 2 rings (SSSR count). The Bertz CT molecular complexity index is 609. The number of nitro groups is 1. The lowest BCUT2D eigenvalue weighted by Crippen LogP contribution is -1.92. The second kappa shape index (κ2) is 5.28. The lowest BCUT2D eigenvalue weighted by atomic mass is 10.3. The summed E-state index contributed by atoms with van der Waals surface area (Å²) in [6.45, 7) is 0. The Hall–Kier alpha value is -1.73. The first kappa shape index (κ1) is 12.7. The van der Waals surface area contributed by atoms with E-state index in [-0.39, 0.29) is 10.7 Å². The molecule has 0 radical (unpaired) electrons. The molecule has 8 heteroatoms. The highest BCUT2D eigenvalue weighted by atomic mass is 79.9. The van der Waals surface area contributed by atoms with Crippen molar-refractivity contribution in [3.8, 4) is 11.6 Å². The number of halogens is 2. The van der Waals surface area contributed by atoms with Crippen LogP contribution in [0.1, 0.15) is 0 Å². The van der Waals surface area contributed by atoms with Crippen molar-refractivity contribution in [3.05, 3.63) is 50.3 Å². The van der Waals surface area contributed by atoms with Crippen LogP contribution in [0.5, 0.6) is 11.6 Å². The summed E-state index contributed by atoms with van der Waals surface area (Å²) < 4.78 is 5.99. The Balaban J connectivity index is 2.29. The van der Waals surface area contributed by atoms with Crippen LogP contribution < -0.4 is 4.74 Å². The molecule has 1 heterocycles. The van der Waals surface area contributed by atoms with E-state index < -0.39 is 4.92 Å². The van der Waals surface area contributed by atoms with Gasteiger partial charge in [0.05, 0.1) is 9.40 Å². The van der Waals surface area contributed by atoms with E-state index in [9.17, 15) is 10.1 Å². The van der Waals surface area contributed by atoms with Gasteiger partial charge in [0.25, 0.3) is 5.69 Å². The molecule has 0 amide bonds. The van der Waals surface area contributed by atoms with Crippen LogP contribution in [0.3, 0.4) is 0 Å². The first-order valence-corrected chi connectivity index (χ1v) is 5.82. The molecular weight excluding hydrogens is 325 g/mol. The number of nitro benzene ring substituents is 1. The molecule has 0 aliphatic carbocycles. The topological polar surface area (TPSA) is 78.2 Å². The first-order chi connectivity index (χ1) is 8.58. The fourth-order valence-electron chi connectivity index (χ4n) is 1.19. The summed E-state index contributed by atoms with van der Waals surface area (Å²) in [6, 6.07) is 4.07. The maximum Gasteiger partial charge on any atom is 0.288 e. The van der Waals surface area contributed by atoms with Crippen LogP contribution >= 0.6 is 27.5 Å². The average molecular weight is 331 g/mol. The largest absolute Gasteiger partial charge is 0.438 e. The molecule has 0 fully saturated rings. The summed E-state index contributed by atoms with van der Waals surface area (Å²) in [6.07, 6.45) is 2.85. The van der Waals surface area contributed by atoms with Gasteiger partial charge in [-0.15, -0.1) is 0 Å². The average Bonchev–Trinajstić information content (AvgIpc) is 2.32. The highest BCUT2D eigenvalue weighted by molar-refractivity contribution is 9.10. The zero-order valence-electron chi connectivity index (χ0n) is 8.71. The van der Waals surface area contributed by atoms with Crippen molar-refractivity contribution in [3.63, 3.8) is 0 Å². The van der Waals surface area contributed by atoms with Crippen LogP contribution in [-0.4, -0.2) is 14.9 Å². The molecule has 0 aliphatic rings. The van der Waals surface area contributed by atoms with E-state index in [1.165, 1.54) is 30.7 Å². The summed E-state index contributed by atoms with van der Waals surface area (Å²) in [5, 5.41) is 10.6. The third-order valence-electron chi connectivity index (χ3n) is 1.96. The fraction of sp³-hybridized carbons (Fsp3) is 0. The second-order valence-electron chi connectivity index (χ2n) is 3.15. The highest BCUT2D eigenvalue weighted by Gasteiger charge is 2.13. The SMILES string of the molecule is O=[N+]([O-])c1ccc(Oc2ncncc2Br)cc1Cl. The molecule has 0 saturated heterocycles. The van der Waals surface area contributed by atoms with E-state index in [0.29, 0.717) is 16.1 Å². The first-order valence-electron chi connectivity index (χ1n) is 4.65. The van der Waals surface area contributed by atoms with Crippen LogP contribution in [-0.2, 0) is 0 Å². The Morgan fingerprint density at radius 2 is 2.22 bits per heavy atom. The molecule has 0 unspecified atom stereocenters. The standard InChI is InChI=1S/C10H5BrClN3O3/c11-7-4-13-5-14-10(7)18-6-1-2-9(15(16)17)8(12)3-6/h1-5H. The molecule has 0 spiro atoms. The predicted octanol–water partition coefficient (Wildman–Crippen LogP) is 3.59. The Morgan fingerprint density at radius 3 is 2.83 bits per heavy atom. The Labute approximate surface area is 115 Å². The van der Waals surface area contributed by atoms with Gasteiger partial charge in [0.1, 0.15) is 17.1 Å². The van der Waals surface area contributed by atoms with Gasteiger partial charge in [-0.3, -0.25) is 10.1 Å². The maximum absolute atomic E-state index is 10.6. The minimum atomic E-state index is -0.563. The summed E-state index contributed by atoms with van der Waals surface area (Å²) in [4.78, 5) is 17.7. The van der Waals surface area contributed by atoms with Crippen molar-refractivity contribution in [2.24, 2.45) is 0 Å². The van der Waals surface area contributed by atoms with E-state index >= 15 is 0 Å². The number of aromatic nitrogens is 2. The monoisotopic (exact) mass is 329 g/mol. The molecular formula is C10H5BrClN3O3. The quantitative estimate of drug-likeness (QED) is 0.635. The number of nitrogens with zero attached hydrogens (tertiary/aromatic N) is 3. The van der Waals surface area contributed by atoms with Crippen molar-refractivity contribution in [1.82, 2.24) is 9.97 Å². The van der Waals surface area contributed by atoms with Gasteiger partial charge in [-0.1, -0.05) is 11.6 Å². The number of hydrogen-bond donors (Lipinski definition) is 0. The van der Waals surface area contributed by atoms with Gasteiger partial charge in [0.2, 0.25) is 5.88 Å². The molecule has 0 atom stereocenters. The van der Waals surface area contributed by atoms with Gasteiger partial charge < -0.3 is 4.74 Å². The fourth-order valence-corrected chi connectivity index (χ4v) is 1.73. The van der Waals surface area contributed by atoms with Crippen molar-refractivity contribution in [1.29, 1.82) is 0 Å². The van der Waals surface area contributed by atoms with Crippen molar-refractivity contribution >= 4 is 33.2 Å². The van der Waals surface area contributed by atoms with Gasteiger partial charge in [-0.25, -0.2) is 9.97 Å². The van der Waals surface area contributed by atoms with Crippen molar-refractivity contribution < 1.29 is 9.66 Å². The Kier molecular flexibility index (Phi) is 3.73. The molecule has 6 nitrogen and oxygen atoms in total. The summed E-state index contributed by atoms with van der Waals surface area (Å²) in [5.41, 5.74) is -0.175. The third-order valence-corrected chi connectivity index (χ3v) is 2.81. The Morgan fingerprint density at radius 1 is 1.44 bits per heavy atom. The van der Waals surface area contributed by atoms with Crippen molar-refractivity contribution in [2.45, 2.75) is 0 Å². The molecule has 1 aromatic heterocycles. The zero-order chi connectivity index (χ0) is 13.1. The smallest absolute Gasteiger partial charge is 0.288 e. The molecule has 0 bridgehead atoms. The predicted molar refractivity (Wildman–Crippen MR) is 67.9 cm³/mol. The minimum Gasteiger partial charge on any atom is -0.438 e. The number of ether oxygens (including phenoxy) is 1. The molecule has 0 aliphatic heterocycles. The molecule has 92 valence electrons. The summed E-state index contributed by atoms with van der Waals surface area (Å²) >= 11 is 8.98. The zero-order valence-corrected chi connectivity index (χ0v) is 11.1. The molecule has 0 saturated carbocycles. The molecule has 18 heavy (non-hydrogen) atoms. The summed E-state index contributed by atoms with van der Waals surface area (Å²) in [5.74, 6) is 0.653. The lowest BCUT2D eigenvalue weighted by Gasteiger charge is -2.05. The van der Waals surface area contributed by atoms with E-state index in [4.69, 9.17) is 16.3 Å². The minimum absolute atomic E-state index is 0.00248. The van der Waals surface area contributed by atoms with Gasteiger partial charge in [-0.05, 0) is 22.0 Å². The molecule has 1 aromatic carbocycles. The van der Waals surface area contributed by atoms with Crippen LogP contribution in [0.15, 0.2) is 35.2 Å². The van der Waals surface area contributed by atoms with Crippen LogP contribution in [0.4, 0.5) is 5.69 Å². The number of benzene rings is 1. The van der Waals surface area contributed by atoms with Crippen LogP contribution in [0, 0.1) is 10.1 Å². The van der Waals surface area contributed by atoms with E-state index in [1.54, 1.807) is 0 Å². The van der Waals surface area contributed by atoms with Crippen LogP contribution in [0.2, 0.25) is 5.02 Å². The van der Waals surface area contributed by atoms with Gasteiger partial charge in [0, 0.05) is 18.3 Å². The van der Waals surface area contributed by atoms with Crippen molar-refractivity contribution in [2.75, 3.05) is 0 Å². The highest BCUT2D eigenvalue weighted by Crippen LogP contribution is 2.32. The molecule has 0 N–H and O–H groups in total. The van der Waals surface area contributed by atoms with E-state index in [0.717, 1.165) is 0 Å². The molecule has 2 aromatic rings. The van der Waals surface area contributed by atoms with Gasteiger partial charge in [0.15, 0.2) is 0 Å². The third kappa shape index (κ3) is 2.74. The maximum atomic E-state index is 10.6. The van der Waals surface area contributed by atoms with E-state index in [1.807, 2.05) is 0 Å². The number of rotatable bonds is 3. The van der Waals surface area contributed by atoms with E-state index in [2.05, 4.69) is 25.9 Å². The van der Waals surface area contributed by atoms with Crippen LogP contribution in [0.25, 0.3) is 0 Å². The summed E-state index contributed by atoms with van der Waals surface area (Å²) in [7, 11) is 0. The van der Waals surface area contributed by atoms with Gasteiger partial charge in [-0.2, -0.15) is 0 Å². The lowest BCUT2D eigenvalue weighted by molar-refractivity contribution is -0.384.